The van der Waals surface area contributed by atoms with Crippen LogP contribution in [0.4, 0.5) is 14.5 Å². The minimum Gasteiger partial charge on any atom is -0.480 e. The van der Waals surface area contributed by atoms with Crippen molar-refractivity contribution in [3.8, 4) is 17.2 Å². The highest BCUT2D eigenvalue weighted by molar-refractivity contribution is 6.35. The number of alkyl halides is 2. The number of hydrogen-bond donors (Lipinski definition) is 1. The molecule has 2 aromatic rings. The molecule has 0 bridgehead atoms. The topological polar surface area (TPSA) is 83.1 Å². The number of benzene rings is 2. The summed E-state index contributed by atoms with van der Waals surface area (Å²) in [5.74, 6) is -1.67. The van der Waals surface area contributed by atoms with Crippen LogP contribution in [0.25, 0.3) is 0 Å². The minimum atomic E-state index is -3.76. The molecule has 0 aliphatic carbocycles. The van der Waals surface area contributed by atoms with E-state index in [1.54, 1.807) is 0 Å². The Labute approximate surface area is 167 Å². The van der Waals surface area contributed by atoms with E-state index in [0.717, 1.165) is 6.07 Å². The smallest absolute Gasteiger partial charge is 0.480 e. The third kappa shape index (κ3) is 5.14. The van der Waals surface area contributed by atoms with E-state index < -0.39 is 31.4 Å². The van der Waals surface area contributed by atoms with E-state index in [-0.39, 0.29) is 28.0 Å². The largest absolute Gasteiger partial charge is 0.586 e. The van der Waals surface area contributed by atoms with E-state index in [0.29, 0.717) is 5.02 Å². The molecular weight excluding hydrogens is 423 g/mol. The Bertz CT molecular complexity index is 925. The summed E-state index contributed by atoms with van der Waals surface area (Å²) < 4.78 is 44.4. The van der Waals surface area contributed by atoms with Gasteiger partial charge in [0.25, 0.3) is 5.91 Å². The Morgan fingerprint density at radius 3 is 2.54 bits per heavy atom. The molecule has 3 rings (SSSR count). The zero-order valence-electron chi connectivity index (χ0n) is 13.8. The highest BCUT2D eigenvalue weighted by Crippen LogP contribution is 2.42. The highest BCUT2D eigenvalue weighted by atomic mass is 35.5. The second kappa shape index (κ2) is 8.07. The van der Waals surface area contributed by atoms with Crippen LogP contribution in [0.15, 0.2) is 36.4 Å². The van der Waals surface area contributed by atoms with Gasteiger partial charge in [0.1, 0.15) is 5.75 Å². The van der Waals surface area contributed by atoms with Gasteiger partial charge in [0, 0.05) is 16.8 Å². The molecule has 148 valence electrons. The average Bonchev–Trinajstić information content (AvgIpc) is 2.92. The Hall–Kier alpha value is -2.78. The zero-order valence-corrected chi connectivity index (χ0v) is 15.4. The number of carbonyl (C=O) groups is 2. The SMILES string of the molecule is O=C(COC(=O)COc1ccc(Cl)cc1Cl)Nc1ccc2c(c1)OC(F)(F)O2. The summed E-state index contributed by atoms with van der Waals surface area (Å²) in [6.07, 6.45) is -3.76. The van der Waals surface area contributed by atoms with Gasteiger partial charge in [0.2, 0.25) is 0 Å². The van der Waals surface area contributed by atoms with Gasteiger partial charge in [-0.2, -0.15) is 0 Å². The number of rotatable bonds is 6. The quantitative estimate of drug-likeness (QED) is 0.696. The first kappa shape index (κ1) is 20.0. The molecule has 0 unspecified atom stereocenters. The van der Waals surface area contributed by atoms with Crippen molar-refractivity contribution in [1.82, 2.24) is 0 Å². The van der Waals surface area contributed by atoms with Crippen LogP contribution in [-0.2, 0) is 14.3 Å². The van der Waals surface area contributed by atoms with Gasteiger partial charge in [-0.15, -0.1) is 8.78 Å². The van der Waals surface area contributed by atoms with Gasteiger partial charge in [-0.05, 0) is 30.3 Å². The maximum atomic E-state index is 13.0. The van der Waals surface area contributed by atoms with Crippen molar-refractivity contribution in [2.24, 2.45) is 0 Å². The minimum absolute atomic E-state index is 0.158. The number of halogens is 4. The number of amides is 1. The Morgan fingerprint density at radius 2 is 1.79 bits per heavy atom. The van der Waals surface area contributed by atoms with Crippen molar-refractivity contribution in [2.75, 3.05) is 18.5 Å². The van der Waals surface area contributed by atoms with Crippen LogP contribution in [0, 0.1) is 0 Å². The molecule has 0 saturated heterocycles. The fourth-order valence-corrected chi connectivity index (χ4v) is 2.60. The second-order valence-electron chi connectivity index (χ2n) is 5.40. The molecule has 0 radical (unpaired) electrons. The van der Waals surface area contributed by atoms with Gasteiger partial charge in [-0.25, -0.2) is 4.79 Å². The van der Waals surface area contributed by atoms with Crippen molar-refractivity contribution < 1.29 is 37.3 Å². The van der Waals surface area contributed by atoms with Gasteiger partial charge in [-0.1, -0.05) is 23.2 Å². The lowest BCUT2D eigenvalue weighted by Gasteiger charge is -2.09. The van der Waals surface area contributed by atoms with Crippen molar-refractivity contribution >= 4 is 40.8 Å². The number of anilines is 1. The third-order valence-corrected chi connectivity index (χ3v) is 3.82. The van der Waals surface area contributed by atoms with Gasteiger partial charge < -0.3 is 24.3 Å². The second-order valence-corrected chi connectivity index (χ2v) is 6.24. The Kier molecular flexibility index (Phi) is 5.76. The van der Waals surface area contributed by atoms with Gasteiger partial charge >= 0.3 is 12.3 Å². The van der Waals surface area contributed by atoms with Crippen molar-refractivity contribution in [2.45, 2.75) is 6.29 Å². The summed E-state index contributed by atoms with van der Waals surface area (Å²) in [4.78, 5) is 23.5. The molecule has 0 spiro atoms. The average molecular weight is 434 g/mol. The summed E-state index contributed by atoms with van der Waals surface area (Å²) in [6, 6.07) is 8.15. The monoisotopic (exact) mass is 433 g/mol. The molecule has 1 heterocycles. The predicted molar refractivity (Wildman–Crippen MR) is 94.2 cm³/mol. The molecular formula is C17H11Cl2F2NO6. The van der Waals surface area contributed by atoms with Crippen molar-refractivity contribution in [1.29, 1.82) is 0 Å². The van der Waals surface area contributed by atoms with Crippen LogP contribution in [0.3, 0.4) is 0 Å². The van der Waals surface area contributed by atoms with Crippen molar-refractivity contribution in [3.63, 3.8) is 0 Å². The standard InChI is InChI=1S/C17H11Cl2F2NO6/c18-9-1-3-12(11(19)5-9)25-8-16(24)26-7-15(23)22-10-2-4-13-14(6-10)28-17(20,21)27-13/h1-6H,7-8H2,(H,22,23). The van der Waals surface area contributed by atoms with Crippen LogP contribution >= 0.6 is 23.2 Å². The number of nitrogens with one attached hydrogen (secondary N) is 1. The maximum Gasteiger partial charge on any atom is 0.586 e. The van der Waals surface area contributed by atoms with E-state index in [2.05, 4.69) is 14.8 Å². The molecule has 11 heteroatoms. The summed E-state index contributed by atoms with van der Waals surface area (Å²) in [5, 5.41) is 2.99. The van der Waals surface area contributed by atoms with E-state index in [1.165, 1.54) is 30.3 Å². The molecule has 0 fully saturated rings. The lowest BCUT2D eigenvalue weighted by Crippen LogP contribution is -2.26. The molecule has 0 saturated carbocycles. The molecule has 1 aliphatic heterocycles. The van der Waals surface area contributed by atoms with E-state index in [4.69, 9.17) is 32.7 Å². The Balaban J connectivity index is 1.45. The third-order valence-electron chi connectivity index (χ3n) is 3.29. The van der Waals surface area contributed by atoms with E-state index in [1.807, 2.05) is 0 Å². The first-order valence-electron chi connectivity index (χ1n) is 7.65. The fourth-order valence-electron chi connectivity index (χ4n) is 2.14. The van der Waals surface area contributed by atoms with Crippen LogP contribution < -0.4 is 19.5 Å². The molecule has 1 amide bonds. The normalized spacial score (nSPS) is 13.7. The Morgan fingerprint density at radius 1 is 1.04 bits per heavy atom. The van der Waals surface area contributed by atoms with Gasteiger partial charge in [0.15, 0.2) is 24.7 Å². The van der Waals surface area contributed by atoms with Gasteiger partial charge in [0.05, 0.1) is 5.02 Å². The molecule has 0 atom stereocenters. The number of ether oxygens (including phenoxy) is 4. The zero-order chi connectivity index (χ0) is 20.3. The fraction of sp³-hybridized carbons (Fsp3) is 0.176. The van der Waals surface area contributed by atoms with Gasteiger partial charge in [-0.3, -0.25) is 4.79 Å². The van der Waals surface area contributed by atoms with Crippen molar-refractivity contribution in [3.05, 3.63) is 46.4 Å². The predicted octanol–water partition coefficient (Wildman–Crippen LogP) is 3.88. The van der Waals surface area contributed by atoms with Crippen LogP contribution in [-0.4, -0.2) is 31.4 Å². The number of esters is 1. The number of fused-ring (bicyclic) bond motifs is 1. The molecule has 28 heavy (non-hydrogen) atoms. The van der Waals surface area contributed by atoms with Crippen LogP contribution in [0.2, 0.25) is 10.0 Å². The molecule has 0 aromatic heterocycles. The summed E-state index contributed by atoms with van der Waals surface area (Å²) in [6.45, 7) is -1.09. The lowest BCUT2D eigenvalue weighted by atomic mass is 10.3. The molecule has 1 N–H and O–H groups in total. The first-order chi connectivity index (χ1) is 13.2. The summed E-state index contributed by atoms with van der Waals surface area (Å²) in [5.41, 5.74) is 0.158. The maximum absolute atomic E-state index is 13.0. The lowest BCUT2D eigenvalue weighted by molar-refractivity contribution is -0.286. The molecule has 7 nitrogen and oxygen atoms in total. The summed E-state index contributed by atoms with van der Waals surface area (Å²) in [7, 11) is 0. The number of carbonyl (C=O) groups excluding carboxylic acids is 2. The molecule has 1 aliphatic rings. The molecule has 2 aromatic carbocycles. The van der Waals surface area contributed by atoms with E-state index in [9.17, 15) is 18.4 Å². The first-order valence-corrected chi connectivity index (χ1v) is 8.41. The highest BCUT2D eigenvalue weighted by Gasteiger charge is 2.43. The number of hydrogen-bond acceptors (Lipinski definition) is 6. The van der Waals surface area contributed by atoms with Crippen LogP contribution in [0.1, 0.15) is 0 Å². The van der Waals surface area contributed by atoms with E-state index >= 15 is 0 Å². The van der Waals surface area contributed by atoms with Crippen LogP contribution in [0.5, 0.6) is 17.2 Å². The summed E-state index contributed by atoms with van der Waals surface area (Å²) >= 11 is 11.6.